The molecule has 2 amide bonds. The molecule has 29 heavy (non-hydrogen) atoms. The summed E-state index contributed by atoms with van der Waals surface area (Å²) in [6.07, 6.45) is 3.52. The lowest BCUT2D eigenvalue weighted by atomic mass is 10.2. The van der Waals surface area contributed by atoms with Gasteiger partial charge >= 0.3 is 0 Å². The van der Waals surface area contributed by atoms with E-state index in [-0.39, 0.29) is 28.2 Å². The maximum absolute atomic E-state index is 13.6. The number of aryl methyl sites for hydroxylation is 1. The number of fused-ring (bicyclic) bond motifs is 1. The van der Waals surface area contributed by atoms with Gasteiger partial charge in [-0.1, -0.05) is 11.8 Å². The molecule has 8 nitrogen and oxygen atoms in total. The highest BCUT2D eigenvalue weighted by Crippen LogP contribution is 2.32. The molecule has 3 heterocycles. The first kappa shape index (κ1) is 18.8. The second-order valence-corrected chi connectivity index (χ2v) is 7.08. The highest BCUT2D eigenvalue weighted by atomic mass is 32.2. The summed E-state index contributed by atoms with van der Waals surface area (Å²) >= 11 is 1.46. The van der Waals surface area contributed by atoms with E-state index in [1.165, 1.54) is 30.0 Å². The average Bonchev–Trinajstić information content (AvgIpc) is 3.39. The molecule has 0 radical (unpaired) electrons. The third-order valence-corrected chi connectivity index (χ3v) is 5.20. The topological polar surface area (TPSA) is 116 Å². The summed E-state index contributed by atoms with van der Waals surface area (Å²) in [5.41, 5.74) is 5.54. The molecular formula is C19H15FN4O4S. The van der Waals surface area contributed by atoms with Gasteiger partial charge in [-0.05, 0) is 30.3 Å². The van der Waals surface area contributed by atoms with E-state index >= 15 is 0 Å². The van der Waals surface area contributed by atoms with Gasteiger partial charge in [-0.3, -0.25) is 9.59 Å². The molecule has 4 aromatic rings. The van der Waals surface area contributed by atoms with E-state index < -0.39 is 17.6 Å². The van der Waals surface area contributed by atoms with Gasteiger partial charge in [0.05, 0.1) is 5.75 Å². The Balaban J connectivity index is 1.55. The van der Waals surface area contributed by atoms with E-state index in [0.717, 1.165) is 11.2 Å². The average molecular weight is 414 g/mol. The van der Waals surface area contributed by atoms with E-state index in [9.17, 15) is 14.0 Å². The molecule has 0 saturated heterocycles. The van der Waals surface area contributed by atoms with Crippen molar-refractivity contribution in [2.45, 2.75) is 10.9 Å². The lowest BCUT2D eigenvalue weighted by molar-refractivity contribution is 0.0977. The maximum Gasteiger partial charge on any atom is 0.291 e. The molecule has 4 rings (SSSR count). The van der Waals surface area contributed by atoms with Crippen molar-refractivity contribution in [2.24, 2.45) is 12.8 Å². The molecule has 0 spiro atoms. The highest BCUT2D eigenvalue weighted by molar-refractivity contribution is 7.98. The van der Waals surface area contributed by atoms with Crippen LogP contribution in [0.15, 0.2) is 56.7 Å². The van der Waals surface area contributed by atoms with E-state index in [2.05, 4.69) is 10.3 Å². The van der Waals surface area contributed by atoms with Crippen LogP contribution >= 0.6 is 11.8 Å². The summed E-state index contributed by atoms with van der Waals surface area (Å²) in [7, 11) is 1.88. The van der Waals surface area contributed by atoms with Gasteiger partial charge in [-0.2, -0.15) is 0 Å². The Morgan fingerprint density at radius 1 is 1.28 bits per heavy atom. The van der Waals surface area contributed by atoms with Crippen LogP contribution in [0.1, 0.15) is 26.9 Å². The number of hydrogen-bond donors (Lipinski definition) is 2. The van der Waals surface area contributed by atoms with Crippen LogP contribution in [-0.4, -0.2) is 21.4 Å². The number of nitrogens with one attached hydrogen (secondary N) is 1. The van der Waals surface area contributed by atoms with E-state index in [1.807, 2.05) is 17.8 Å². The molecule has 0 unspecified atom stereocenters. The molecular weight excluding hydrogens is 399 g/mol. The third kappa shape index (κ3) is 3.74. The molecule has 1 aromatic carbocycles. The molecule has 0 bridgehead atoms. The highest BCUT2D eigenvalue weighted by Gasteiger charge is 2.22. The fourth-order valence-corrected chi connectivity index (χ4v) is 3.57. The van der Waals surface area contributed by atoms with Crippen LogP contribution in [0.5, 0.6) is 0 Å². The Bertz CT molecular complexity index is 1230. The number of halogens is 1. The number of rotatable bonds is 6. The lowest BCUT2D eigenvalue weighted by Gasteiger charge is -2.03. The van der Waals surface area contributed by atoms with Crippen molar-refractivity contribution < 1.29 is 22.8 Å². The van der Waals surface area contributed by atoms with E-state index in [4.69, 9.17) is 14.6 Å². The van der Waals surface area contributed by atoms with Crippen LogP contribution in [0.3, 0.4) is 0 Å². The molecule has 0 aliphatic carbocycles. The number of nitrogens with two attached hydrogens (primary N) is 1. The number of carbonyl (C=O) groups is 2. The minimum atomic E-state index is -0.886. The van der Waals surface area contributed by atoms with Crippen LogP contribution < -0.4 is 11.1 Å². The van der Waals surface area contributed by atoms with Gasteiger partial charge in [-0.25, -0.2) is 9.37 Å². The zero-order valence-electron chi connectivity index (χ0n) is 15.1. The Morgan fingerprint density at radius 2 is 2.10 bits per heavy atom. The van der Waals surface area contributed by atoms with Crippen LogP contribution in [0.2, 0.25) is 0 Å². The number of imidazole rings is 1. The summed E-state index contributed by atoms with van der Waals surface area (Å²) in [5.74, 6) is -1.24. The number of furan rings is 2. The summed E-state index contributed by atoms with van der Waals surface area (Å²) in [6.45, 7) is 0. The van der Waals surface area contributed by atoms with Crippen molar-refractivity contribution in [3.63, 3.8) is 0 Å². The molecule has 0 atom stereocenters. The Kier molecular flexibility index (Phi) is 4.85. The number of amides is 2. The number of benzene rings is 1. The summed E-state index contributed by atoms with van der Waals surface area (Å²) < 4.78 is 26.4. The predicted molar refractivity (Wildman–Crippen MR) is 104 cm³/mol. The minimum absolute atomic E-state index is 0.00247. The molecule has 0 fully saturated rings. The Labute approximate surface area is 167 Å². The van der Waals surface area contributed by atoms with Crippen LogP contribution in [0, 0.1) is 5.82 Å². The van der Waals surface area contributed by atoms with Gasteiger partial charge in [0.2, 0.25) is 5.76 Å². The SMILES string of the molecule is Cn1ccnc1SCc1ccc(C(=O)Nc2c(C(N)=O)oc3ccc(F)cc23)o1. The third-order valence-electron chi connectivity index (χ3n) is 4.12. The zero-order valence-corrected chi connectivity index (χ0v) is 16.0. The summed E-state index contributed by atoms with van der Waals surface area (Å²) in [4.78, 5) is 28.5. The molecule has 0 saturated carbocycles. The second-order valence-electron chi connectivity index (χ2n) is 6.14. The normalized spacial score (nSPS) is 11.1. The Hall–Kier alpha value is -3.53. The van der Waals surface area contributed by atoms with Gasteiger partial charge < -0.3 is 24.5 Å². The van der Waals surface area contributed by atoms with Gasteiger partial charge in [0.1, 0.15) is 22.8 Å². The van der Waals surface area contributed by atoms with E-state index in [1.54, 1.807) is 12.3 Å². The van der Waals surface area contributed by atoms with Gasteiger partial charge in [-0.15, -0.1) is 0 Å². The monoisotopic (exact) mass is 414 g/mol. The number of nitrogens with zero attached hydrogens (tertiary/aromatic N) is 2. The van der Waals surface area contributed by atoms with Gasteiger partial charge in [0, 0.05) is 24.8 Å². The largest absolute Gasteiger partial charge is 0.455 e. The molecule has 148 valence electrons. The molecule has 3 aromatic heterocycles. The fraction of sp³-hybridized carbons (Fsp3) is 0.105. The van der Waals surface area contributed by atoms with Crippen LogP contribution in [0.25, 0.3) is 11.0 Å². The predicted octanol–water partition coefficient (Wildman–Crippen LogP) is 3.54. The molecule has 0 aliphatic rings. The number of hydrogen-bond acceptors (Lipinski definition) is 6. The summed E-state index contributed by atoms with van der Waals surface area (Å²) in [5, 5.41) is 3.57. The van der Waals surface area contributed by atoms with Crippen molar-refractivity contribution in [1.29, 1.82) is 0 Å². The zero-order chi connectivity index (χ0) is 20.5. The van der Waals surface area contributed by atoms with Gasteiger partial charge in [0.15, 0.2) is 10.9 Å². The quantitative estimate of drug-likeness (QED) is 0.466. The van der Waals surface area contributed by atoms with Crippen molar-refractivity contribution >= 4 is 40.2 Å². The van der Waals surface area contributed by atoms with Crippen molar-refractivity contribution in [3.8, 4) is 0 Å². The van der Waals surface area contributed by atoms with Crippen LogP contribution in [0.4, 0.5) is 10.1 Å². The Morgan fingerprint density at radius 3 is 2.83 bits per heavy atom. The van der Waals surface area contributed by atoms with Crippen molar-refractivity contribution in [2.75, 3.05) is 5.32 Å². The number of carbonyl (C=O) groups excluding carboxylic acids is 2. The number of aromatic nitrogens is 2. The minimum Gasteiger partial charge on any atom is -0.455 e. The number of thioether (sulfide) groups is 1. The first-order chi connectivity index (χ1) is 13.9. The van der Waals surface area contributed by atoms with Crippen LogP contribution in [-0.2, 0) is 12.8 Å². The smallest absolute Gasteiger partial charge is 0.291 e. The lowest BCUT2D eigenvalue weighted by Crippen LogP contribution is -2.16. The second kappa shape index (κ2) is 7.47. The fourth-order valence-electron chi connectivity index (χ4n) is 2.75. The van der Waals surface area contributed by atoms with Crippen molar-refractivity contribution in [3.05, 3.63) is 65.8 Å². The number of primary amides is 1. The standard InChI is InChI=1S/C19H15FN4O4S/c1-24-7-6-22-19(24)29-9-11-3-5-14(27-11)18(26)23-15-12-8-10(20)2-4-13(12)28-16(15)17(21)25/h2-8H,9H2,1H3,(H2,21,25)(H,23,26). The summed E-state index contributed by atoms with van der Waals surface area (Å²) in [6, 6.07) is 6.87. The first-order valence-corrected chi connectivity index (χ1v) is 9.43. The molecule has 10 heteroatoms. The van der Waals surface area contributed by atoms with Gasteiger partial charge in [0.25, 0.3) is 11.8 Å². The van der Waals surface area contributed by atoms with E-state index in [0.29, 0.717) is 11.5 Å². The molecule has 0 aliphatic heterocycles. The molecule has 3 N–H and O–H groups in total. The number of anilines is 1. The maximum atomic E-state index is 13.6. The van der Waals surface area contributed by atoms with Crippen molar-refractivity contribution in [1.82, 2.24) is 9.55 Å². The first-order valence-electron chi connectivity index (χ1n) is 8.44.